The molecule has 0 saturated carbocycles. The second-order valence-electron chi connectivity index (χ2n) is 3.84. The van der Waals surface area contributed by atoms with Gasteiger partial charge in [-0.3, -0.25) is 0 Å². The Labute approximate surface area is 100 Å². The number of hydrogen-bond acceptors (Lipinski definition) is 2. The topological polar surface area (TPSA) is 24.4 Å². The van der Waals surface area contributed by atoms with E-state index in [2.05, 4.69) is 53.0 Å². The van der Waals surface area contributed by atoms with Crippen LogP contribution in [0.4, 0.5) is 0 Å². The van der Waals surface area contributed by atoms with Crippen molar-refractivity contribution in [2.45, 2.75) is 0 Å². The molecular weight excluding hydrogens is 208 g/mol. The van der Waals surface area contributed by atoms with Crippen molar-refractivity contribution in [3.8, 4) is 11.1 Å². The largest absolute Gasteiger partial charge is 0.253 e. The van der Waals surface area contributed by atoms with E-state index in [1.54, 1.807) is 0 Å². The van der Waals surface area contributed by atoms with Crippen LogP contribution >= 0.6 is 0 Å². The molecule has 0 saturated heterocycles. The van der Waals surface area contributed by atoms with E-state index in [0.29, 0.717) is 0 Å². The van der Waals surface area contributed by atoms with Gasteiger partial charge in [-0.05, 0) is 28.3 Å². The van der Waals surface area contributed by atoms with Crippen molar-refractivity contribution in [3.05, 3.63) is 66.4 Å². The number of rotatable bonds is 2. The molecule has 0 fully saturated rings. The Bertz CT molecular complexity index is 566. The summed E-state index contributed by atoms with van der Waals surface area (Å²) in [4.78, 5) is 4.11. The fraction of sp³-hybridized carbons (Fsp3) is 0. The van der Waals surface area contributed by atoms with Crippen LogP contribution < -0.4 is 5.32 Å². The third-order valence-corrected chi connectivity index (χ3v) is 2.74. The second-order valence-corrected chi connectivity index (χ2v) is 3.84. The van der Waals surface area contributed by atoms with Crippen LogP contribution in [0.25, 0.3) is 16.8 Å². The summed E-state index contributed by atoms with van der Waals surface area (Å²) in [5.41, 5.74) is 4.47. The molecule has 0 spiro atoms. The maximum atomic E-state index is 4.11. The van der Waals surface area contributed by atoms with Crippen LogP contribution in [0.3, 0.4) is 0 Å². The lowest BCUT2D eigenvalue weighted by molar-refractivity contribution is 1.37. The molecule has 80 valence electrons. The average molecular weight is 219 g/mol. The molecular formula is C15H11N2+. The summed E-state index contributed by atoms with van der Waals surface area (Å²) in [5, 5.41) is 2.84. The number of aliphatic imine (C=N–C) groups is 1. The standard InChI is InChI=1S/C15H11N2/c1-2-4-12(5-3-1)13-6-8-14(9-7-13)15-10-16-11-17-15/h1-10H,(H,16,17)/q+1. The minimum Gasteiger partial charge on any atom is -0.185 e. The minimum atomic E-state index is 0.921. The van der Waals surface area contributed by atoms with Gasteiger partial charge in [0.25, 0.3) is 6.34 Å². The van der Waals surface area contributed by atoms with E-state index < -0.39 is 0 Å². The molecule has 0 atom stereocenters. The van der Waals surface area contributed by atoms with Crippen molar-refractivity contribution in [1.82, 2.24) is 5.32 Å². The van der Waals surface area contributed by atoms with Gasteiger partial charge in [0.05, 0.1) is 5.56 Å². The molecule has 1 aliphatic rings. The van der Waals surface area contributed by atoms with Crippen molar-refractivity contribution in [2.24, 2.45) is 4.99 Å². The fourth-order valence-corrected chi connectivity index (χ4v) is 1.84. The Morgan fingerprint density at radius 1 is 0.765 bits per heavy atom. The van der Waals surface area contributed by atoms with E-state index in [9.17, 15) is 0 Å². The second kappa shape index (κ2) is 4.20. The van der Waals surface area contributed by atoms with Gasteiger partial charge in [0.15, 0.2) is 6.20 Å². The van der Waals surface area contributed by atoms with Crippen LogP contribution in [0.1, 0.15) is 5.56 Å². The Morgan fingerprint density at radius 3 is 2.06 bits per heavy atom. The van der Waals surface area contributed by atoms with Gasteiger partial charge in [0.2, 0.25) is 5.70 Å². The third kappa shape index (κ3) is 1.94. The predicted molar refractivity (Wildman–Crippen MR) is 70.4 cm³/mol. The normalized spacial score (nSPS) is 12.8. The Hall–Kier alpha value is -2.44. The van der Waals surface area contributed by atoms with E-state index in [1.165, 1.54) is 11.1 Å². The molecule has 0 aliphatic carbocycles. The fourth-order valence-electron chi connectivity index (χ4n) is 1.84. The van der Waals surface area contributed by atoms with E-state index in [1.807, 2.05) is 24.4 Å². The van der Waals surface area contributed by atoms with Crippen molar-refractivity contribution in [1.29, 1.82) is 0 Å². The van der Waals surface area contributed by atoms with E-state index in [-0.39, 0.29) is 0 Å². The maximum Gasteiger partial charge on any atom is 0.253 e. The van der Waals surface area contributed by atoms with Crippen molar-refractivity contribution in [3.63, 3.8) is 0 Å². The molecule has 0 aromatic heterocycles. The highest BCUT2D eigenvalue weighted by atomic mass is 15.0. The van der Waals surface area contributed by atoms with Crippen molar-refractivity contribution in [2.75, 3.05) is 0 Å². The molecule has 3 rings (SSSR count). The number of benzene rings is 2. The Balaban J connectivity index is 1.93. The monoisotopic (exact) mass is 219 g/mol. The highest BCUT2D eigenvalue weighted by Gasteiger charge is 2.13. The quantitative estimate of drug-likeness (QED) is 0.771. The van der Waals surface area contributed by atoms with Gasteiger partial charge in [0.1, 0.15) is 0 Å². The number of nitrogens with zero attached hydrogens (tertiary/aromatic N) is 1. The zero-order valence-electron chi connectivity index (χ0n) is 9.22. The molecule has 2 heteroatoms. The zero-order valence-corrected chi connectivity index (χ0v) is 9.22. The Kier molecular flexibility index (Phi) is 2.41. The van der Waals surface area contributed by atoms with Gasteiger partial charge in [0, 0.05) is 0 Å². The third-order valence-electron chi connectivity index (χ3n) is 2.74. The molecule has 17 heavy (non-hydrogen) atoms. The van der Waals surface area contributed by atoms with Gasteiger partial charge in [-0.15, -0.1) is 0 Å². The molecule has 2 aromatic rings. The first-order chi connectivity index (χ1) is 8.43. The summed E-state index contributed by atoms with van der Waals surface area (Å²) < 4.78 is 0. The van der Waals surface area contributed by atoms with Crippen LogP contribution in [0.2, 0.25) is 0 Å². The summed E-state index contributed by atoms with van der Waals surface area (Å²) in [7, 11) is 0. The van der Waals surface area contributed by atoms with Gasteiger partial charge in [-0.1, -0.05) is 42.5 Å². The highest BCUT2D eigenvalue weighted by Crippen LogP contribution is 2.23. The number of nitrogens with one attached hydrogen (secondary N) is 1. The van der Waals surface area contributed by atoms with Crippen LogP contribution in [-0.4, -0.2) is 6.34 Å². The molecule has 1 N–H and O–H groups in total. The lowest BCUT2D eigenvalue weighted by atomic mass is 10.0. The van der Waals surface area contributed by atoms with Crippen LogP contribution in [0.5, 0.6) is 0 Å². The molecule has 1 aliphatic heterocycles. The smallest absolute Gasteiger partial charge is 0.185 e. The summed E-state index contributed by atoms with van der Waals surface area (Å²) in [5.74, 6) is 0. The van der Waals surface area contributed by atoms with E-state index in [4.69, 9.17) is 0 Å². The van der Waals surface area contributed by atoms with Crippen LogP contribution in [0.15, 0.2) is 65.8 Å². The van der Waals surface area contributed by atoms with Crippen LogP contribution in [-0.2, 0) is 0 Å². The minimum absolute atomic E-state index is 0.921. The molecule has 0 bridgehead atoms. The van der Waals surface area contributed by atoms with Gasteiger partial charge >= 0.3 is 0 Å². The van der Waals surface area contributed by atoms with Crippen molar-refractivity contribution < 1.29 is 0 Å². The molecule has 0 unspecified atom stereocenters. The van der Waals surface area contributed by atoms with Gasteiger partial charge in [-0.25, -0.2) is 0 Å². The molecule has 2 nitrogen and oxygen atoms in total. The van der Waals surface area contributed by atoms with Crippen LogP contribution in [0, 0.1) is 0 Å². The lowest BCUT2D eigenvalue weighted by Crippen LogP contribution is -1.92. The lowest BCUT2D eigenvalue weighted by Gasteiger charge is -2.00. The first kappa shape index (κ1) is 9.76. The van der Waals surface area contributed by atoms with Crippen molar-refractivity contribution >= 4 is 12.0 Å². The SMILES string of the molecule is [C+]1=NC(c2ccc(-c3ccccc3)cc2)=CN1. The average Bonchev–Trinajstić information content (AvgIpc) is 2.94. The molecule has 2 aromatic carbocycles. The first-order valence-electron chi connectivity index (χ1n) is 5.51. The summed E-state index contributed by atoms with van der Waals surface area (Å²) in [6.45, 7) is 0. The molecule has 0 amide bonds. The highest BCUT2D eigenvalue weighted by molar-refractivity contribution is 5.80. The van der Waals surface area contributed by atoms with Gasteiger partial charge in [-0.2, -0.15) is 5.32 Å². The van der Waals surface area contributed by atoms with E-state index >= 15 is 0 Å². The molecule has 0 radical (unpaired) electrons. The first-order valence-corrected chi connectivity index (χ1v) is 5.51. The summed E-state index contributed by atoms with van der Waals surface area (Å²) >= 11 is 0. The van der Waals surface area contributed by atoms with E-state index in [0.717, 1.165) is 11.3 Å². The summed E-state index contributed by atoms with van der Waals surface area (Å²) in [6, 6.07) is 18.7. The molecule has 1 heterocycles. The zero-order chi connectivity index (χ0) is 11.5. The summed E-state index contributed by atoms with van der Waals surface area (Å²) in [6.07, 6.45) is 4.54. The van der Waals surface area contributed by atoms with Gasteiger partial charge < -0.3 is 0 Å². The number of hydrogen-bond donors (Lipinski definition) is 1. The predicted octanol–water partition coefficient (Wildman–Crippen LogP) is 3.16. The maximum absolute atomic E-state index is 4.11. The Morgan fingerprint density at radius 2 is 1.41 bits per heavy atom.